The zero-order valence-corrected chi connectivity index (χ0v) is 8.87. The van der Waals surface area contributed by atoms with Crippen molar-refractivity contribution in [2.75, 3.05) is 18.5 Å². The Morgan fingerprint density at radius 2 is 2.00 bits per heavy atom. The molecule has 0 bridgehead atoms. The lowest BCUT2D eigenvalue weighted by atomic mass is 10.3. The number of aliphatic hydroxyl groups is 2. The van der Waals surface area contributed by atoms with Crippen LogP contribution in [0.3, 0.4) is 0 Å². The van der Waals surface area contributed by atoms with Gasteiger partial charge in [-0.1, -0.05) is 23.5 Å². The van der Waals surface area contributed by atoms with Crippen molar-refractivity contribution in [3.63, 3.8) is 0 Å². The van der Waals surface area contributed by atoms with E-state index >= 15 is 0 Å². The predicted octanol–water partition coefficient (Wildman–Crippen LogP) is 1.06. The number of rotatable bonds is 4. The molecule has 0 atom stereocenters. The Kier molecular flexibility index (Phi) is 3.15. The molecule has 0 unspecified atom stereocenters. The van der Waals surface area contributed by atoms with Gasteiger partial charge in [0.2, 0.25) is 0 Å². The fourth-order valence-corrected chi connectivity index (χ4v) is 2.20. The first-order chi connectivity index (χ1) is 7.33. The number of thiazole rings is 1. The Bertz CT molecular complexity index is 407. The van der Waals surface area contributed by atoms with E-state index in [2.05, 4.69) is 10.3 Å². The summed E-state index contributed by atoms with van der Waals surface area (Å²) in [6.07, 6.45) is 0. The Morgan fingerprint density at radius 1 is 1.27 bits per heavy atom. The molecule has 2 aromatic rings. The molecule has 80 valence electrons. The molecule has 0 fully saturated rings. The molecule has 15 heavy (non-hydrogen) atoms. The number of anilines is 1. The third kappa shape index (κ3) is 2.26. The van der Waals surface area contributed by atoms with Crippen molar-refractivity contribution in [1.82, 2.24) is 4.98 Å². The van der Waals surface area contributed by atoms with E-state index in [0.29, 0.717) is 0 Å². The molecule has 5 heteroatoms. The number of para-hydroxylation sites is 1. The molecule has 0 aliphatic heterocycles. The highest BCUT2D eigenvalue weighted by atomic mass is 32.1. The fraction of sp³-hybridized carbons (Fsp3) is 0.300. The van der Waals surface area contributed by atoms with Crippen LogP contribution in [0.25, 0.3) is 10.2 Å². The van der Waals surface area contributed by atoms with E-state index in [1.807, 2.05) is 24.3 Å². The molecule has 1 heterocycles. The average molecular weight is 224 g/mol. The zero-order valence-electron chi connectivity index (χ0n) is 8.05. The van der Waals surface area contributed by atoms with Gasteiger partial charge in [0.1, 0.15) is 0 Å². The van der Waals surface area contributed by atoms with Gasteiger partial charge in [-0.25, -0.2) is 4.98 Å². The first kappa shape index (κ1) is 10.4. The molecule has 0 saturated carbocycles. The van der Waals surface area contributed by atoms with Crippen LogP contribution in [-0.2, 0) is 0 Å². The molecular formula is C10H12N2O2S. The lowest BCUT2D eigenvalue weighted by Gasteiger charge is -2.11. The van der Waals surface area contributed by atoms with Gasteiger partial charge in [0.05, 0.1) is 29.5 Å². The summed E-state index contributed by atoms with van der Waals surface area (Å²) in [5, 5.41) is 21.5. The second kappa shape index (κ2) is 4.57. The second-order valence-electron chi connectivity index (χ2n) is 3.19. The number of aliphatic hydroxyl groups excluding tert-OH is 2. The van der Waals surface area contributed by atoms with Gasteiger partial charge >= 0.3 is 0 Å². The molecule has 2 rings (SSSR count). The Labute approximate surface area is 91.2 Å². The van der Waals surface area contributed by atoms with Gasteiger partial charge < -0.3 is 15.5 Å². The lowest BCUT2D eigenvalue weighted by molar-refractivity contribution is 0.204. The zero-order chi connectivity index (χ0) is 10.7. The summed E-state index contributed by atoms with van der Waals surface area (Å²) >= 11 is 1.51. The van der Waals surface area contributed by atoms with Gasteiger partial charge in [-0.2, -0.15) is 0 Å². The van der Waals surface area contributed by atoms with Crippen molar-refractivity contribution in [2.45, 2.75) is 6.04 Å². The maximum absolute atomic E-state index is 8.92. The fourth-order valence-electron chi connectivity index (χ4n) is 1.26. The lowest BCUT2D eigenvalue weighted by Crippen LogP contribution is -2.27. The van der Waals surface area contributed by atoms with Gasteiger partial charge in [0, 0.05) is 0 Å². The van der Waals surface area contributed by atoms with Crippen LogP contribution in [0.1, 0.15) is 0 Å². The van der Waals surface area contributed by atoms with E-state index in [9.17, 15) is 0 Å². The van der Waals surface area contributed by atoms with Crippen LogP contribution >= 0.6 is 11.3 Å². The largest absolute Gasteiger partial charge is 0.394 e. The molecule has 0 radical (unpaired) electrons. The normalized spacial score (nSPS) is 11.1. The second-order valence-corrected chi connectivity index (χ2v) is 4.22. The summed E-state index contributed by atoms with van der Waals surface area (Å²) in [6, 6.07) is 7.47. The molecule has 3 N–H and O–H groups in total. The monoisotopic (exact) mass is 224 g/mol. The highest BCUT2D eigenvalue weighted by Gasteiger charge is 2.08. The standard InChI is InChI=1S/C10H12N2O2S/c13-5-7(6-14)11-10-12-8-3-1-2-4-9(8)15-10/h1-4,7,13-14H,5-6H2,(H,11,12). The smallest absolute Gasteiger partial charge is 0.184 e. The van der Waals surface area contributed by atoms with Crippen molar-refractivity contribution < 1.29 is 10.2 Å². The molecule has 0 aliphatic rings. The topological polar surface area (TPSA) is 65.4 Å². The Morgan fingerprint density at radius 3 is 2.67 bits per heavy atom. The summed E-state index contributed by atoms with van der Waals surface area (Å²) in [7, 11) is 0. The van der Waals surface area contributed by atoms with Crippen molar-refractivity contribution in [1.29, 1.82) is 0 Å². The predicted molar refractivity (Wildman–Crippen MR) is 61.2 cm³/mol. The molecule has 0 amide bonds. The average Bonchev–Trinajstić information content (AvgIpc) is 2.68. The molecule has 4 nitrogen and oxygen atoms in total. The van der Waals surface area contributed by atoms with Gasteiger partial charge in [-0.3, -0.25) is 0 Å². The van der Waals surface area contributed by atoms with E-state index in [0.717, 1.165) is 15.3 Å². The minimum Gasteiger partial charge on any atom is -0.394 e. The van der Waals surface area contributed by atoms with Crippen LogP contribution in [0.4, 0.5) is 5.13 Å². The third-order valence-corrected chi connectivity index (χ3v) is 3.03. The highest BCUT2D eigenvalue weighted by Crippen LogP contribution is 2.25. The van der Waals surface area contributed by atoms with Gasteiger partial charge in [0.15, 0.2) is 5.13 Å². The van der Waals surface area contributed by atoms with E-state index in [4.69, 9.17) is 10.2 Å². The molecule has 0 aliphatic carbocycles. The number of benzene rings is 1. The SMILES string of the molecule is OCC(CO)Nc1nc2ccccc2s1. The van der Waals surface area contributed by atoms with E-state index in [1.165, 1.54) is 11.3 Å². The van der Waals surface area contributed by atoms with Gasteiger partial charge in [-0.05, 0) is 12.1 Å². The van der Waals surface area contributed by atoms with Crippen LogP contribution in [0.15, 0.2) is 24.3 Å². The van der Waals surface area contributed by atoms with Crippen molar-refractivity contribution >= 4 is 26.7 Å². The third-order valence-electron chi connectivity index (χ3n) is 2.06. The highest BCUT2D eigenvalue weighted by molar-refractivity contribution is 7.22. The molecular weight excluding hydrogens is 212 g/mol. The maximum Gasteiger partial charge on any atom is 0.184 e. The van der Waals surface area contributed by atoms with E-state index < -0.39 is 0 Å². The number of nitrogens with zero attached hydrogens (tertiary/aromatic N) is 1. The van der Waals surface area contributed by atoms with Crippen LogP contribution < -0.4 is 5.32 Å². The first-order valence-electron chi connectivity index (χ1n) is 4.67. The summed E-state index contributed by atoms with van der Waals surface area (Å²) in [6.45, 7) is -0.209. The maximum atomic E-state index is 8.92. The Hall–Kier alpha value is -1.17. The molecule has 0 spiro atoms. The summed E-state index contributed by atoms with van der Waals surface area (Å²) in [4.78, 5) is 4.33. The summed E-state index contributed by atoms with van der Waals surface area (Å²) in [5.74, 6) is 0. The van der Waals surface area contributed by atoms with E-state index in [1.54, 1.807) is 0 Å². The number of hydrogen-bond donors (Lipinski definition) is 3. The van der Waals surface area contributed by atoms with Crippen molar-refractivity contribution in [3.8, 4) is 0 Å². The molecule has 1 aromatic heterocycles. The van der Waals surface area contributed by atoms with Crippen molar-refractivity contribution in [3.05, 3.63) is 24.3 Å². The van der Waals surface area contributed by atoms with Gasteiger partial charge in [0.25, 0.3) is 0 Å². The van der Waals surface area contributed by atoms with Crippen LogP contribution in [0.2, 0.25) is 0 Å². The Balaban J connectivity index is 2.21. The minimum atomic E-state index is -0.342. The van der Waals surface area contributed by atoms with Gasteiger partial charge in [-0.15, -0.1) is 0 Å². The quantitative estimate of drug-likeness (QED) is 0.726. The molecule has 1 aromatic carbocycles. The summed E-state index contributed by atoms with van der Waals surface area (Å²) in [5.41, 5.74) is 0.930. The molecule has 0 saturated heterocycles. The minimum absolute atomic E-state index is 0.105. The number of aromatic nitrogens is 1. The van der Waals surface area contributed by atoms with Crippen molar-refractivity contribution in [2.24, 2.45) is 0 Å². The number of nitrogens with one attached hydrogen (secondary N) is 1. The number of fused-ring (bicyclic) bond motifs is 1. The van der Waals surface area contributed by atoms with Crippen LogP contribution in [0.5, 0.6) is 0 Å². The number of hydrogen-bond acceptors (Lipinski definition) is 5. The van der Waals surface area contributed by atoms with Crippen LogP contribution in [0, 0.1) is 0 Å². The van der Waals surface area contributed by atoms with E-state index in [-0.39, 0.29) is 19.3 Å². The first-order valence-corrected chi connectivity index (χ1v) is 5.49. The van der Waals surface area contributed by atoms with Crippen LogP contribution in [-0.4, -0.2) is 34.5 Å². The summed E-state index contributed by atoms with van der Waals surface area (Å²) < 4.78 is 1.09.